The van der Waals surface area contributed by atoms with Crippen molar-refractivity contribution >= 4 is 35.1 Å². The molecule has 6 nitrogen and oxygen atoms in total. The summed E-state index contributed by atoms with van der Waals surface area (Å²) in [6, 6.07) is 22.4. The second-order valence-corrected chi connectivity index (χ2v) is 7.67. The topological polar surface area (TPSA) is 71.8 Å². The molecule has 0 fully saturated rings. The van der Waals surface area contributed by atoms with Gasteiger partial charge in [0.15, 0.2) is 0 Å². The average molecular weight is 446 g/mol. The first-order chi connectivity index (χ1) is 15.6. The number of halogens is 2. The molecule has 3 aromatic carbocycles. The third-order valence-corrected chi connectivity index (χ3v) is 5.35. The number of nitrogens with one attached hydrogen (secondary N) is 2. The molecule has 158 valence electrons. The lowest BCUT2D eigenvalue weighted by Gasteiger charge is -2.24. The molecule has 1 atom stereocenters. The van der Waals surface area contributed by atoms with E-state index >= 15 is 0 Å². The molecule has 0 aliphatic carbocycles. The normalized spacial score (nSPS) is 14.8. The van der Waals surface area contributed by atoms with Gasteiger partial charge in [0.2, 0.25) is 5.95 Å². The van der Waals surface area contributed by atoms with E-state index in [4.69, 9.17) is 11.6 Å². The lowest BCUT2D eigenvalue weighted by atomic mass is 10.0. The summed E-state index contributed by atoms with van der Waals surface area (Å²) < 4.78 is 14.9. The molecule has 32 heavy (non-hydrogen) atoms. The van der Waals surface area contributed by atoms with Gasteiger partial charge in [0.05, 0.1) is 0 Å². The van der Waals surface area contributed by atoms with E-state index < -0.39 is 11.7 Å². The van der Waals surface area contributed by atoms with Crippen LogP contribution in [0.15, 0.2) is 84.9 Å². The Balaban J connectivity index is 1.50. The summed E-state index contributed by atoms with van der Waals surface area (Å²) in [4.78, 5) is 17.0. The highest BCUT2D eigenvalue weighted by molar-refractivity contribution is 6.30. The van der Waals surface area contributed by atoms with Gasteiger partial charge in [-0.25, -0.2) is 9.07 Å². The Bertz CT molecular complexity index is 1300. The third kappa shape index (κ3) is 3.98. The quantitative estimate of drug-likeness (QED) is 0.442. The van der Waals surface area contributed by atoms with Crippen molar-refractivity contribution in [2.45, 2.75) is 6.04 Å². The van der Waals surface area contributed by atoms with E-state index in [-0.39, 0.29) is 12.0 Å². The molecule has 0 unspecified atom stereocenters. The number of rotatable bonds is 4. The number of carbonyl (C=O) groups excluding carboxylic acids is 1. The van der Waals surface area contributed by atoms with Crippen LogP contribution in [0, 0.1) is 5.82 Å². The second kappa shape index (κ2) is 8.28. The van der Waals surface area contributed by atoms with Gasteiger partial charge in [-0.15, -0.1) is 5.10 Å². The van der Waals surface area contributed by atoms with Crippen molar-refractivity contribution in [1.82, 2.24) is 14.8 Å². The number of hydrogen-bond acceptors (Lipinski definition) is 4. The van der Waals surface area contributed by atoms with Crippen LogP contribution >= 0.6 is 11.6 Å². The maximum atomic E-state index is 13.2. The van der Waals surface area contributed by atoms with Crippen LogP contribution in [0.2, 0.25) is 5.02 Å². The van der Waals surface area contributed by atoms with Crippen molar-refractivity contribution in [2.75, 3.05) is 10.6 Å². The van der Waals surface area contributed by atoms with Gasteiger partial charge in [0.25, 0.3) is 11.9 Å². The summed E-state index contributed by atoms with van der Waals surface area (Å²) in [5.74, 6) is -0.205. The van der Waals surface area contributed by atoms with Gasteiger partial charge in [0.1, 0.15) is 11.9 Å². The zero-order chi connectivity index (χ0) is 22.1. The fraction of sp³-hybridized carbons (Fsp3) is 0.0417. The molecule has 2 heterocycles. The molecule has 2 N–H and O–H groups in total. The summed E-state index contributed by atoms with van der Waals surface area (Å²) in [6.45, 7) is 0. The van der Waals surface area contributed by atoms with Crippen LogP contribution in [0.3, 0.4) is 0 Å². The number of anilines is 2. The van der Waals surface area contributed by atoms with Gasteiger partial charge in [-0.2, -0.15) is 4.98 Å². The Morgan fingerprint density at radius 1 is 1.00 bits per heavy atom. The zero-order valence-corrected chi connectivity index (χ0v) is 17.4. The number of fused-ring (bicyclic) bond motifs is 1. The Morgan fingerprint density at radius 2 is 1.72 bits per heavy atom. The molecule has 0 saturated carbocycles. The SMILES string of the molecule is O=C(Nc1nc2n(n1)[C@@H](c1ccc(Cl)cc1)C=C(c1ccccc1)N2)c1ccc(F)cc1. The number of allylic oxidation sites excluding steroid dienone is 1. The van der Waals surface area contributed by atoms with Crippen molar-refractivity contribution in [3.05, 3.63) is 112 Å². The second-order valence-electron chi connectivity index (χ2n) is 7.23. The molecule has 0 saturated heterocycles. The van der Waals surface area contributed by atoms with Gasteiger partial charge in [-0.3, -0.25) is 10.1 Å². The number of hydrogen-bond donors (Lipinski definition) is 2. The highest BCUT2D eigenvalue weighted by Crippen LogP contribution is 2.33. The van der Waals surface area contributed by atoms with Gasteiger partial charge in [0, 0.05) is 16.3 Å². The van der Waals surface area contributed by atoms with Crippen LogP contribution in [-0.2, 0) is 0 Å². The minimum Gasteiger partial charge on any atom is -0.324 e. The van der Waals surface area contributed by atoms with E-state index in [0.29, 0.717) is 16.5 Å². The van der Waals surface area contributed by atoms with Crippen LogP contribution in [-0.4, -0.2) is 20.7 Å². The van der Waals surface area contributed by atoms with Gasteiger partial charge < -0.3 is 5.32 Å². The summed E-state index contributed by atoms with van der Waals surface area (Å²) >= 11 is 6.07. The fourth-order valence-electron chi connectivity index (χ4n) is 3.50. The molecule has 0 spiro atoms. The van der Waals surface area contributed by atoms with E-state index in [9.17, 15) is 9.18 Å². The molecule has 1 aliphatic rings. The van der Waals surface area contributed by atoms with Gasteiger partial charge in [-0.05, 0) is 53.6 Å². The zero-order valence-electron chi connectivity index (χ0n) is 16.7. The first-order valence-electron chi connectivity index (χ1n) is 9.90. The van der Waals surface area contributed by atoms with Crippen LogP contribution in [0.25, 0.3) is 5.70 Å². The average Bonchev–Trinajstić information content (AvgIpc) is 3.22. The first-order valence-corrected chi connectivity index (χ1v) is 10.3. The smallest absolute Gasteiger partial charge is 0.258 e. The molecular weight excluding hydrogens is 429 g/mol. The molecule has 0 bridgehead atoms. The molecule has 1 aliphatic heterocycles. The molecule has 5 rings (SSSR count). The fourth-order valence-corrected chi connectivity index (χ4v) is 3.63. The monoisotopic (exact) mass is 445 g/mol. The Morgan fingerprint density at radius 3 is 2.44 bits per heavy atom. The van der Waals surface area contributed by atoms with Crippen molar-refractivity contribution in [1.29, 1.82) is 0 Å². The lowest BCUT2D eigenvalue weighted by molar-refractivity contribution is 0.102. The van der Waals surface area contributed by atoms with Crippen LogP contribution in [0.4, 0.5) is 16.3 Å². The summed E-state index contributed by atoms with van der Waals surface area (Å²) in [7, 11) is 0. The van der Waals surface area contributed by atoms with E-state index in [2.05, 4.69) is 20.7 Å². The number of aromatic nitrogens is 3. The van der Waals surface area contributed by atoms with E-state index in [1.165, 1.54) is 24.3 Å². The maximum Gasteiger partial charge on any atom is 0.258 e. The summed E-state index contributed by atoms with van der Waals surface area (Å²) in [5, 5.41) is 11.1. The minimum atomic E-state index is -0.424. The summed E-state index contributed by atoms with van der Waals surface area (Å²) in [6.07, 6.45) is 2.05. The lowest BCUT2D eigenvalue weighted by Crippen LogP contribution is -2.20. The van der Waals surface area contributed by atoms with Crippen molar-refractivity contribution in [2.24, 2.45) is 0 Å². The minimum absolute atomic E-state index is 0.142. The largest absolute Gasteiger partial charge is 0.324 e. The summed E-state index contributed by atoms with van der Waals surface area (Å²) in [5.41, 5.74) is 3.15. The Hall–Kier alpha value is -3.97. The maximum absolute atomic E-state index is 13.2. The number of carbonyl (C=O) groups is 1. The third-order valence-electron chi connectivity index (χ3n) is 5.09. The predicted octanol–water partition coefficient (Wildman–Crippen LogP) is 5.38. The molecule has 0 radical (unpaired) electrons. The van der Waals surface area contributed by atoms with Crippen molar-refractivity contribution < 1.29 is 9.18 Å². The molecule has 1 amide bonds. The molecule has 4 aromatic rings. The van der Waals surface area contributed by atoms with E-state index in [1.54, 1.807) is 4.68 Å². The van der Waals surface area contributed by atoms with Gasteiger partial charge in [-0.1, -0.05) is 54.1 Å². The van der Waals surface area contributed by atoms with E-state index in [0.717, 1.165) is 16.8 Å². The molecular formula is C24H17ClFN5O. The highest BCUT2D eigenvalue weighted by Gasteiger charge is 2.26. The number of nitrogens with zero attached hydrogens (tertiary/aromatic N) is 3. The van der Waals surface area contributed by atoms with Gasteiger partial charge >= 0.3 is 0 Å². The van der Waals surface area contributed by atoms with Crippen LogP contribution in [0.1, 0.15) is 27.5 Å². The predicted molar refractivity (Wildman–Crippen MR) is 122 cm³/mol. The number of benzene rings is 3. The Kier molecular flexibility index (Phi) is 5.17. The number of amides is 1. The molecule has 8 heteroatoms. The van der Waals surface area contributed by atoms with Crippen LogP contribution in [0.5, 0.6) is 0 Å². The van der Waals surface area contributed by atoms with E-state index in [1.807, 2.05) is 60.7 Å². The molecule has 1 aromatic heterocycles. The Labute approximate surface area is 188 Å². The highest BCUT2D eigenvalue weighted by atomic mass is 35.5. The van der Waals surface area contributed by atoms with Crippen LogP contribution < -0.4 is 10.6 Å². The standard InChI is InChI=1S/C24H17ClFN5O/c25-18-10-6-16(7-11-18)21-14-20(15-4-2-1-3-5-15)27-24-29-23(30-31(21)24)28-22(32)17-8-12-19(26)13-9-17/h1-14,21H,(H2,27,28,29,30,32)/t21-/m1/s1. The van der Waals surface area contributed by atoms with Crippen molar-refractivity contribution in [3.8, 4) is 0 Å². The van der Waals surface area contributed by atoms with Crippen molar-refractivity contribution in [3.63, 3.8) is 0 Å². The first kappa shape index (κ1) is 20.0.